The van der Waals surface area contributed by atoms with E-state index in [2.05, 4.69) is 24.1 Å². The fraction of sp³-hybridized carbons (Fsp3) is 0.792. The molecule has 0 unspecified atom stereocenters. The van der Waals surface area contributed by atoms with Gasteiger partial charge in [-0.05, 0) is 51.5 Å². The zero-order chi connectivity index (χ0) is 24.1. The Morgan fingerprint density at radius 3 is 2.16 bits per heavy atom. The first kappa shape index (κ1) is 27.1. The van der Waals surface area contributed by atoms with Gasteiger partial charge in [0.05, 0.1) is 12.1 Å². The van der Waals surface area contributed by atoms with Crippen molar-refractivity contribution < 1.29 is 19.5 Å². The van der Waals surface area contributed by atoms with Gasteiger partial charge in [0.2, 0.25) is 11.8 Å². The van der Waals surface area contributed by atoms with Gasteiger partial charge >= 0.3 is 5.97 Å². The lowest BCUT2D eigenvalue weighted by Crippen LogP contribution is -2.60. The van der Waals surface area contributed by atoms with Crippen molar-refractivity contribution in [2.75, 3.05) is 13.6 Å². The minimum atomic E-state index is -1.00. The Bertz CT molecular complexity index is 679. The van der Waals surface area contributed by atoms with E-state index in [0.717, 1.165) is 25.8 Å². The lowest BCUT2D eigenvalue weighted by molar-refractivity contribution is -0.142. The van der Waals surface area contributed by atoms with Crippen molar-refractivity contribution >= 4 is 17.8 Å². The monoisotopic (exact) mass is 437 g/mol. The van der Waals surface area contributed by atoms with Gasteiger partial charge in [0, 0.05) is 18.7 Å². The summed E-state index contributed by atoms with van der Waals surface area (Å²) >= 11 is 0. The molecule has 2 N–H and O–H groups in total. The third-order valence-electron chi connectivity index (χ3n) is 6.15. The first-order chi connectivity index (χ1) is 14.2. The molecule has 0 radical (unpaired) electrons. The van der Waals surface area contributed by atoms with E-state index in [1.807, 2.05) is 34.6 Å². The van der Waals surface area contributed by atoms with E-state index in [-0.39, 0.29) is 41.4 Å². The maximum absolute atomic E-state index is 13.5. The van der Waals surface area contributed by atoms with E-state index in [0.29, 0.717) is 0 Å². The third kappa shape index (κ3) is 7.34. The molecule has 178 valence electrons. The van der Waals surface area contributed by atoms with Crippen LogP contribution in [0.15, 0.2) is 11.6 Å². The number of hydrogen-bond acceptors (Lipinski definition) is 4. The van der Waals surface area contributed by atoms with E-state index in [4.69, 9.17) is 0 Å². The number of likely N-dealkylation sites (N-methyl/N-ethyl adjacent to an activating group) is 1. The lowest BCUT2D eigenvalue weighted by atomic mass is 9.84. The van der Waals surface area contributed by atoms with Gasteiger partial charge in [0.25, 0.3) is 0 Å². The molecule has 1 aliphatic heterocycles. The summed E-state index contributed by atoms with van der Waals surface area (Å²) in [5.74, 6) is -1.29. The van der Waals surface area contributed by atoms with Crippen LogP contribution in [0.3, 0.4) is 0 Å². The second kappa shape index (κ2) is 11.1. The molecule has 1 fully saturated rings. The number of carbonyl (C=O) groups excluding carboxylic acids is 2. The summed E-state index contributed by atoms with van der Waals surface area (Å²) in [6.07, 6.45) is 4.50. The predicted octanol–water partition coefficient (Wildman–Crippen LogP) is 3.29. The van der Waals surface area contributed by atoms with Crippen molar-refractivity contribution in [3.63, 3.8) is 0 Å². The highest BCUT2D eigenvalue weighted by Crippen LogP contribution is 2.25. The molecule has 0 aromatic carbocycles. The highest BCUT2D eigenvalue weighted by atomic mass is 16.4. The normalized spacial score (nSPS) is 20.5. The van der Waals surface area contributed by atoms with E-state index < -0.39 is 17.4 Å². The number of rotatable bonds is 8. The molecule has 7 heteroatoms. The second-order valence-electron chi connectivity index (χ2n) is 10.5. The minimum absolute atomic E-state index is 0.0225. The molecule has 0 saturated carbocycles. The van der Waals surface area contributed by atoms with Gasteiger partial charge in [0.15, 0.2) is 0 Å². The summed E-state index contributed by atoms with van der Waals surface area (Å²) in [7, 11) is 1.69. The number of amides is 2. The topological polar surface area (TPSA) is 90.0 Å². The number of likely N-dealkylation sites (tertiary alicyclic amines) is 1. The maximum atomic E-state index is 13.5. The molecular formula is C24H43N3O4. The van der Waals surface area contributed by atoms with Gasteiger partial charge in [-0.15, -0.1) is 0 Å². The fourth-order valence-electron chi connectivity index (χ4n) is 4.17. The largest absolute Gasteiger partial charge is 0.478 e. The maximum Gasteiger partial charge on any atom is 0.331 e. The van der Waals surface area contributed by atoms with Gasteiger partial charge in [-0.25, -0.2) is 4.79 Å². The molecule has 31 heavy (non-hydrogen) atoms. The molecule has 0 aliphatic carbocycles. The smallest absolute Gasteiger partial charge is 0.331 e. The van der Waals surface area contributed by atoms with E-state index in [1.54, 1.807) is 18.0 Å². The number of nitrogens with zero attached hydrogens (tertiary/aromatic N) is 2. The average molecular weight is 438 g/mol. The van der Waals surface area contributed by atoms with E-state index in [9.17, 15) is 19.5 Å². The minimum Gasteiger partial charge on any atom is -0.478 e. The quantitative estimate of drug-likeness (QED) is 0.569. The van der Waals surface area contributed by atoms with Crippen LogP contribution in [0.25, 0.3) is 0 Å². The zero-order valence-electron chi connectivity index (χ0n) is 20.9. The highest BCUT2D eigenvalue weighted by Gasteiger charge is 2.39. The molecule has 2 amide bonds. The number of hydrogen-bond donors (Lipinski definition) is 2. The Morgan fingerprint density at radius 1 is 1.13 bits per heavy atom. The summed E-state index contributed by atoms with van der Waals surface area (Å²) < 4.78 is 0. The van der Waals surface area contributed by atoms with Gasteiger partial charge in [-0.1, -0.05) is 47.1 Å². The number of nitrogens with one attached hydrogen (secondary N) is 1. The average Bonchev–Trinajstić information content (AvgIpc) is 2.67. The predicted molar refractivity (Wildman–Crippen MR) is 124 cm³/mol. The van der Waals surface area contributed by atoms with Crippen molar-refractivity contribution in [1.29, 1.82) is 0 Å². The van der Waals surface area contributed by atoms with Gasteiger partial charge in [-0.3, -0.25) is 14.5 Å². The second-order valence-corrected chi connectivity index (χ2v) is 10.5. The van der Waals surface area contributed by atoms with E-state index in [1.165, 1.54) is 6.92 Å². The van der Waals surface area contributed by atoms with Crippen molar-refractivity contribution in [2.24, 2.45) is 11.3 Å². The molecule has 1 aliphatic rings. The summed E-state index contributed by atoms with van der Waals surface area (Å²) in [6.45, 7) is 16.3. The number of piperidine rings is 1. The molecule has 3 atom stereocenters. The number of carbonyl (C=O) groups is 3. The first-order valence-corrected chi connectivity index (χ1v) is 11.4. The van der Waals surface area contributed by atoms with Gasteiger partial charge in [0.1, 0.15) is 6.04 Å². The number of carboxylic acids is 1. The van der Waals surface area contributed by atoms with Crippen LogP contribution in [0.1, 0.15) is 74.7 Å². The SMILES string of the molecule is CC(=C[C@H](C(C)C)N(C)C(=O)[C@H](NC(=O)[C@H]1CCCCN1C(C)C)C(C)(C)C)C(=O)O. The first-order valence-electron chi connectivity index (χ1n) is 11.4. The third-order valence-corrected chi connectivity index (χ3v) is 6.15. The molecule has 0 bridgehead atoms. The number of aliphatic carboxylic acids is 1. The van der Waals surface area contributed by atoms with Crippen LogP contribution in [-0.4, -0.2) is 70.4 Å². The Balaban J connectivity index is 3.15. The molecule has 0 aromatic rings. The van der Waals surface area contributed by atoms with Crippen LogP contribution >= 0.6 is 0 Å². The lowest BCUT2D eigenvalue weighted by Gasteiger charge is -2.41. The Hall–Kier alpha value is -1.89. The Morgan fingerprint density at radius 2 is 1.71 bits per heavy atom. The standard InChI is InChI=1S/C24H43N3O4/c1-15(2)19(14-17(5)23(30)31)26(9)22(29)20(24(6,7)8)25-21(28)18-12-10-11-13-27(18)16(3)4/h14-16,18-20H,10-13H2,1-9H3,(H,25,28)(H,30,31)/t18-,19-,20+/m1/s1. The van der Waals surface area contributed by atoms with Crippen molar-refractivity contribution in [2.45, 2.75) is 98.8 Å². The highest BCUT2D eigenvalue weighted by molar-refractivity contribution is 5.91. The molecular weight excluding hydrogens is 394 g/mol. The number of carboxylic acid groups (broad SMARTS) is 1. The summed E-state index contributed by atoms with van der Waals surface area (Å²) in [5.41, 5.74) is -0.296. The van der Waals surface area contributed by atoms with E-state index >= 15 is 0 Å². The van der Waals surface area contributed by atoms with Gasteiger partial charge in [-0.2, -0.15) is 0 Å². The van der Waals surface area contributed by atoms with Crippen LogP contribution in [0.5, 0.6) is 0 Å². The summed E-state index contributed by atoms with van der Waals surface area (Å²) in [6, 6.07) is -1.06. The van der Waals surface area contributed by atoms with Crippen molar-refractivity contribution in [3.8, 4) is 0 Å². The Labute approximate surface area is 188 Å². The molecule has 0 aromatic heterocycles. The van der Waals surface area contributed by atoms with Crippen LogP contribution < -0.4 is 5.32 Å². The summed E-state index contributed by atoms with van der Waals surface area (Å²) in [4.78, 5) is 41.9. The summed E-state index contributed by atoms with van der Waals surface area (Å²) in [5, 5.41) is 12.3. The molecule has 1 rings (SSSR count). The van der Waals surface area contributed by atoms with Crippen LogP contribution in [0.4, 0.5) is 0 Å². The van der Waals surface area contributed by atoms with Gasteiger partial charge < -0.3 is 15.3 Å². The van der Waals surface area contributed by atoms with Crippen LogP contribution in [0, 0.1) is 11.3 Å². The molecule has 0 spiro atoms. The van der Waals surface area contributed by atoms with Crippen molar-refractivity contribution in [3.05, 3.63) is 11.6 Å². The molecule has 1 saturated heterocycles. The van der Waals surface area contributed by atoms with Crippen LogP contribution in [0.2, 0.25) is 0 Å². The Kier molecular flexibility index (Phi) is 9.73. The molecule has 7 nitrogen and oxygen atoms in total. The fourth-order valence-corrected chi connectivity index (χ4v) is 4.17. The van der Waals surface area contributed by atoms with Crippen molar-refractivity contribution in [1.82, 2.24) is 15.1 Å². The molecule has 1 heterocycles. The zero-order valence-corrected chi connectivity index (χ0v) is 20.9. The van der Waals surface area contributed by atoms with Crippen LogP contribution in [-0.2, 0) is 14.4 Å².